The summed E-state index contributed by atoms with van der Waals surface area (Å²) < 4.78 is 25.8. The van der Waals surface area contributed by atoms with Gasteiger partial charge in [-0.15, -0.1) is 0 Å². The van der Waals surface area contributed by atoms with Gasteiger partial charge in [-0.2, -0.15) is 0 Å². The van der Waals surface area contributed by atoms with Crippen LogP contribution < -0.4 is 4.74 Å². The molecule has 2 aromatic rings. The number of hydrogen-bond donors (Lipinski definition) is 0. The topological polar surface area (TPSA) is 18.5 Å². The minimum absolute atomic E-state index is 0.116. The molecule has 142 valence electrons. The predicted octanol–water partition coefficient (Wildman–Crippen LogP) is 6.43. The van der Waals surface area contributed by atoms with E-state index in [-0.39, 0.29) is 17.3 Å². The van der Waals surface area contributed by atoms with Crippen molar-refractivity contribution in [3.63, 3.8) is 0 Å². The molecular weight excluding hydrogens is 327 g/mol. The van der Waals surface area contributed by atoms with E-state index in [4.69, 9.17) is 9.47 Å². The van der Waals surface area contributed by atoms with Gasteiger partial charge in [0.05, 0.1) is 13.2 Å². The van der Waals surface area contributed by atoms with Gasteiger partial charge in [0.2, 0.25) is 0 Å². The maximum absolute atomic E-state index is 14.6. The number of hydrogen-bond acceptors (Lipinski definition) is 2. The van der Waals surface area contributed by atoms with Gasteiger partial charge in [0.15, 0.2) is 0 Å². The molecule has 0 aliphatic carbocycles. The Morgan fingerprint density at radius 1 is 0.962 bits per heavy atom. The Balaban J connectivity index is 2.69. The van der Waals surface area contributed by atoms with Crippen LogP contribution in [0.15, 0.2) is 36.4 Å². The molecule has 0 radical (unpaired) electrons. The maximum atomic E-state index is 14.6. The largest absolute Gasteiger partial charge is 0.497 e. The quantitative estimate of drug-likeness (QED) is 0.592. The fourth-order valence-electron chi connectivity index (χ4n) is 3.46. The second kappa shape index (κ2) is 8.22. The molecule has 3 heteroatoms. The zero-order valence-electron chi connectivity index (χ0n) is 17.0. The zero-order chi connectivity index (χ0) is 19.5. The summed E-state index contributed by atoms with van der Waals surface area (Å²) in [6.45, 7) is 10.8. The smallest absolute Gasteiger partial charge is 0.131 e. The lowest BCUT2D eigenvalue weighted by molar-refractivity contribution is 0.0155. The highest BCUT2D eigenvalue weighted by Crippen LogP contribution is 2.42. The lowest BCUT2D eigenvalue weighted by atomic mass is 9.80. The van der Waals surface area contributed by atoms with Gasteiger partial charge in [-0.25, -0.2) is 4.39 Å². The third kappa shape index (κ3) is 4.64. The van der Waals surface area contributed by atoms with Crippen LogP contribution in [-0.4, -0.2) is 14.2 Å². The number of halogens is 1. The molecule has 0 heterocycles. The lowest BCUT2D eigenvalue weighted by Crippen LogP contribution is -2.21. The standard InChI is InChI=1S/C23H31FO2/c1-15(2)12-16-8-10-18(19-14-17(25-6)9-11-21(19)24)20(13-16)22(26-7)23(3,4)5/h8-11,13-15,22H,12H2,1-7H3/t22-/m0/s1. The summed E-state index contributed by atoms with van der Waals surface area (Å²) in [5.74, 6) is 0.939. The van der Waals surface area contributed by atoms with Gasteiger partial charge in [-0.3, -0.25) is 0 Å². The van der Waals surface area contributed by atoms with Crippen molar-refractivity contribution in [3.8, 4) is 16.9 Å². The Labute approximate surface area is 157 Å². The van der Waals surface area contributed by atoms with E-state index >= 15 is 0 Å². The van der Waals surface area contributed by atoms with E-state index in [1.807, 2.05) is 6.07 Å². The first-order valence-electron chi connectivity index (χ1n) is 9.17. The molecule has 2 nitrogen and oxygen atoms in total. The van der Waals surface area contributed by atoms with Gasteiger partial charge in [0.25, 0.3) is 0 Å². The van der Waals surface area contributed by atoms with Crippen LogP contribution in [0.2, 0.25) is 0 Å². The Kier molecular flexibility index (Phi) is 6.46. The Hall–Kier alpha value is -1.87. The van der Waals surface area contributed by atoms with Gasteiger partial charge >= 0.3 is 0 Å². The van der Waals surface area contributed by atoms with Crippen molar-refractivity contribution in [2.24, 2.45) is 11.3 Å². The van der Waals surface area contributed by atoms with E-state index in [1.54, 1.807) is 26.4 Å². The number of rotatable bonds is 6. The maximum Gasteiger partial charge on any atom is 0.131 e. The van der Waals surface area contributed by atoms with E-state index in [2.05, 4.69) is 46.8 Å². The summed E-state index contributed by atoms with van der Waals surface area (Å²) in [4.78, 5) is 0. The molecule has 0 aromatic heterocycles. The van der Waals surface area contributed by atoms with Crippen LogP contribution in [0, 0.1) is 17.2 Å². The molecule has 0 fully saturated rings. The fourth-order valence-corrected chi connectivity index (χ4v) is 3.46. The average molecular weight is 358 g/mol. The van der Waals surface area contributed by atoms with E-state index in [9.17, 15) is 4.39 Å². The van der Waals surface area contributed by atoms with E-state index in [1.165, 1.54) is 11.6 Å². The van der Waals surface area contributed by atoms with Crippen LogP contribution in [0.4, 0.5) is 4.39 Å². The normalized spacial score (nSPS) is 13.1. The van der Waals surface area contributed by atoms with Gasteiger partial charge in [-0.1, -0.05) is 52.8 Å². The van der Waals surface area contributed by atoms with Crippen molar-refractivity contribution in [2.75, 3.05) is 14.2 Å². The third-order valence-corrected chi connectivity index (χ3v) is 4.53. The molecule has 0 amide bonds. The molecule has 0 spiro atoms. The minimum atomic E-state index is -0.257. The van der Waals surface area contributed by atoms with Crippen LogP contribution in [0.1, 0.15) is 51.8 Å². The molecule has 0 N–H and O–H groups in total. The lowest BCUT2D eigenvalue weighted by Gasteiger charge is -2.32. The average Bonchev–Trinajstić information content (AvgIpc) is 2.55. The van der Waals surface area contributed by atoms with Crippen molar-refractivity contribution >= 4 is 0 Å². The van der Waals surface area contributed by atoms with Crippen LogP contribution in [0.3, 0.4) is 0 Å². The van der Waals surface area contributed by atoms with Gasteiger partial charge in [0.1, 0.15) is 11.6 Å². The highest BCUT2D eigenvalue weighted by Gasteiger charge is 2.29. The highest BCUT2D eigenvalue weighted by molar-refractivity contribution is 5.70. The van der Waals surface area contributed by atoms with Crippen molar-refractivity contribution in [1.29, 1.82) is 0 Å². The predicted molar refractivity (Wildman–Crippen MR) is 106 cm³/mol. The Bertz CT molecular complexity index is 744. The number of benzene rings is 2. The SMILES string of the molecule is COc1ccc(F)c(-c2ccc(CC(C)C)cc2[C@H](OC)C(C)(C)C)c1. The molecule has 0 unspecified atom stereocenters. The summed E-state index contributed by atoms with van der Waals surface area (Å²) in [7, 11) is 3.31. The van der Waals surface area contributed by atoms with Gasteiger partial charge < -0.3 is 9.47 Å². The zero-order valence-corrected chi connectivity index (χ0v) is 17.0. The van der Waals surface area contributed by atoms with Crippen molar-refractivity contribution in [3.05, 3.63) is 53.3 Å². The van der Waals surface area contributed by atoms with Gasteiger partial charge in [0, 0.05) is 12.7 Å². The second-order valence-electron chi connectivity index (χ2n) is 8.35. The molecular formula is C23H31FO2. The van der Waals surface area contributed by atoms with Crippen LogP contribution in [-0.2, 0) is 11.2 Å². The molecule has 0 saturated heterocycles. The Morgan fingerprint density at radius 2 is 1.65 bits per heavy atom. The molecule has 0 aliphatic heterocycles. The summed E-state index contributed by atoms with van der Waals surface area (Å²) in [5.41, 5.74) is 3.55. The first-order valence-corrected chi connectivity index (χ1v) is 9.17. The Morgan fingerprint density at radius 3 is 2.19 bits per heavy atom. The highest BCUT2D eigenvalue weighted by atomic mass is 19.1. The molecule has 1 atom stereocenters. The minimum Gasteiger partial charge on any atom is -0.497 e. The number of methoxy groups -OCH3 is 2. The van der Waals surface area contributed by atoms with Crippen molar-refractivity contribution in [1.82, 2.24) is 0 Å². The molecule has 2 rings (SSSR count). The van der Waals surface area contributed by atoms with Gasteiger partial charge in [-0.05, 0) is 52.6 Å². The van der Waals surface area contributed by atoms with Crippen molar-refractivity contribution in [2.45, 2.75) is 47.1 Å². The summed E-state index contributed by atoms with van der Waals surface area (Å²) in [6, 6.07) is 11.1. The summed E-state index contributed by atoms with van der Waals surface area (Å²) >= 11 is 0. The van der Waals surface area contributed by atoms with Crippen LogP contribution >= 0.6 is 0 Å². The monoisotopic (exact) mass is 358 g/mol. The van der Waals surface area contributed by atoms with E-state index < -0.39 is 0 Å². The first kappa shape index (κ1) is 20.4. The van der Waals surface area contributed by atoms with Crippen LogP contribution in [0.25, 0.3) is 11.1 Å². The van der Waals surface area contributed by atoms with E-state index in [0.717, 1.165) is 17.5 Å². The number of ether oxygens (including phenoxy) is 2. The van der Waals surface area contributed by atoms with Crippen LogP contribution in [0.5, 0.6) is 5.75 Å². The van der Waals surface area contributed by atoms with Crippen molar-refractivity contribution < 1.29 is 13.9 Å². The molecule has 2 aromatic carbocycles. The third-order valence-electron chi connectivity index (χ3n) is 4.53. The second-order valence-corrected chi connectivity index (χ2v) is 8.35. The molecule has 0 saturated carbocycles. The summed E-state index contributed by atoms with van der Waals surface area (Å²) in [5, 5.41) is 0. The summed E-state index contributed by atoms with van der Waals surface area (Å²) in [6.07, 6.45) is 0.837. The van der Waals surface area contributed by atoms with E-state index in [0.29, 0.717) is 17.2 Å². The fraction of sp³-hybridized carbons (Fsp3) is 0.478. The molecule has 26 heavy (non-hydrogen) atoms. The molecule has 0 bridgehead atoms. The first-order chi connectivity index (χ1) is 12.2. The molecule has 0 aliphatic rings.